The molecule has 34 heavy (non-hydrogen) atoms. The number of carbonyl (C=O) groups is 2. The number of carbonyl (C=O) groups excluding carboxylic acids is 2. The van der Waals surface area contributed by atoms with Crippen LogP contribution >= 0.6 is 15.9 Å². The molecule has 4 rings (SSSR count). The van der Waals surface area contributed by atoms with Gasteiger partial charge in [0.1, 0.15) is 17.2 Å². The second-order valence-electron chi connectivity index (χ2n) is 7.59. The first kappa shape index (κ1) is 23.2. The lowest BCUT2D eigenvalue weighted by atomic mass is 10.1. The number of anilines is 2. The van der Waals surface area contributed by atoms with Gasteiger partial charge >= 0.3 is 0 Å². The number of nitrogens with one attached hydrogen (secondary N) is 1. The number of nitro benzene ring substituents is 1. The molecule has 0 unspecified atom stereocenters. The van der Waals surface area contributed by atoms with Crippen molar-refractivity contribution in [1.29, 1.82) is 0 Å². The summed E-state index contributed by atoms with van der Waals surface area (Å²) in [5, 5.41) is 13.8. The Bertz CT molecular complexity index is 1230. The molecule has 0 spiro atoms. The summed E-state index contributed by atoms with van der Waals surface area (Å²) in [6, 6.07) is 18.4. The average molecular weight is 526 g/mol. The summed E-state index contributed by atoms with van der Waals surface area (Å²) in [5.74, 6) is 0.374. The van der Waals surface area contributed by atoms with Crippen LogP contribution in [0.5, 0.6) is 17.2 Å². The standard InChI is InChI=1S/C24H20BrN3O6/c1-33-22-13-18(28(31)32)6-11-21(22)27-14-15(12-23(27)29)24(30)26-17-4-9-20(10-5-17)34-19-7-2-16(25)3-8-19/h2-11,13,15H,12,14H2,1H3,(H,26,30)/t15-/m0/s1. The molecule has 0 bridgehead atoms. The normalized spacial score (nSPS) is 15.2. The van der Waals surface area contributed by atoms with Gasteiger partial charge in [0.25, 0.3) is 5.69 Å². The molecule has 10 heteroatoms. The molecule has 0 radical (unpaired) electrons. The zero-order valence-electron chi connectivity index (χ0n) is 18.1. The Kier molecular flexibility index (Phi) is 6.78. The predicted octanol–water partition coefficient (Wildman–Crippen LogP) is 5.15. The SMILES string of the molecule is COc1cc([N+](=O)[O-])ccc1N1C[C@@H](C(=O)Nc2ccc(Oc3ccc(Br)cc3)cc2)CC1=O. The van der Waals surface area contributed by atoms with E-state index in [0.717, 1.165) is 4.47 Å². The molecule has 0 aromatic heterocycles. The summed E-state index contributed by atoms with van der Waals surface area (Å²) < 4.78 is 12.0. The van der Waals surface area contributed by atoms with E-state index in [1.165, 1.54) is 30.2 Å². The Balaban J connectivity index is 1.40. The maximum Gasteiger partial charge on any atom is 0.273 e. The van der Waals surface area contributed by atoms with Crippen molar-refractivity contribution in [2.24, 2.45) is 5.92 Å². The molecule has 9 nitrogen and oxygen atoms in total. The number of ether oxygens (including phenoxy) is 2. The molecule has 1 atom stereocenters. The molecule has 1 aliphatic heterocycles. The van der Waals surface area contributed by atoms with E-state index in [4.69, 9.17) is 9.47 Å². The average Bonchev–Trinajstić information content (AvgIpc) is 3.22. The fourth-order valence-corrected chi connectivity index (χ4v) is 3.87. The van der Waals surface area contributed by atoms with Crippen molar-refractivity contribution in [3.8, 4) is 17.2 Å². The molecule has 0 aliphatic carbocycles. The fraction of sp³-hybridized carbons (Fsp3) is 0.167. The van der Waals surface area contributed by atoms with Gasteiger partial charge in [-0.05, 0) is 54.6 Å². The van der Waals surface area contributed by atoms with Crippen LogP contribution in [0.3, 0.4) is 0 Å². The molecule has 1 heterocycles. The van der Waals surface area contributed by atoms with Crippen molar-refractivity contribution in [3.05, 3.63) is 81.3 Å². The summed E-state index contributed by atoms with van der Waals surface area (Å²) in [7, 11) is 1.37. The van der Waals surface area contributed by atoms with Crippen molar-refractivity contribution in [2.75, 3.05) is 23.9 Å². The van der Waals surface area contributed by atoms with E-state index < -0.39 is 10.8 Å². The van der Waals surface area contributed by atoms with Crippen molar-refractivity contribution >= 4 is 44.8 Å². The van der Waals surface area contributed by atoms with E-state index in [0.29, 0.717) is 22.9 Å². The second kappa shape index (κ2) is 9.92. The van der Waals surface area contributed by atoms with Gasteiger partial charge in [0.2, 0.25) is 11.8 Å². The number of hydrogen-bond acceptors (Lipinski definition) is 6. The molecule has 1 aliphatic rings. The molecule has 0 saturated carbocycles. The number of benzene rings is 3. The predicted molar refractivity (Wildman–Crippen MR) is 129 cm³/mol. The largest absolute Gasteiger partial charge is 0.494 e. The van der Waals surface area contributed by atoms with Crippen LogP contribution in [0.25, 0.3) is 0 Å². The van der Waals surface area contributed by atoms with E-state index in [1.807, 2.05) is 24.3 Å². The number of non-ortho nitro benzene ring substituents is 1. The highest BCUT2D eigenvalue weighted by atomic mass is 79.9. The zero-order chi connectivity index (χ0) is 24.2. The summed E-state index contributed by atoms with van der Waals surface area (Å²) in [5.41, 5.74) is 0.823. The van der Waals surface area contributed by atoms with Crippen molar-refractivity contribution in [1.82, 2.24) is 0 Å². The number of amides is 2. The van der Waals surface area contributed by atoms with Crippen LogP contribution < -0.4 is 19.7 Å². The van der Waals surface area contributed by atoms with Crippen molar-refractivity contribution in [3.63, 3.8) is 0 Å². The summed E-state index contributed by atoms with van der Waals surface area (Å²) in [6.45, 7) is 0.142. The first-order chi connectivity index (χ1) is 16.3. The van der Waals surface area contributed by atoms with Gasteiger partial charge in [-0.3, -0.25) is 19.7 Å². The Morgan fingerprint density at radius 2 is 1.74 bits per heavy atom. The van der Waals surface area contributed by atoms with Gasteiger partial charge in [-0.25, -0.2) is 0 Å². The van der Waals surface area contributed by atoms with E-state index in [9.17, 15) is 19.7 Å². The highest BCUT2D eigenvalue weighted by molar-refractivity contribution is 9.10. The topological polar surface area (TPSA) is 111 Å². The van der Waals surface area contributed by atoms with E-state index in [2.05, 4.69) is 21.2 Å². The molecule has 1 fully saturated rings. The van der Waals surface area contributed by atoms with E-state index in [-0.39, 0.29) is 36.2 Å². The van der Waals surface area contributed by atoms with Gasteiger partial charge < -0.3 is 19.7 Å². The van der Waals surface area contributed by atoms with Crippen molar-refractivity contribution in [2.45, 2.75) is 6.42 Å². The summed E-state index contributed by atoms with van der Waals surface area (Å²) in [6.07, 6.45) is 0.0245. The van der Waals surface area contributed by atoms with Gasteiger partial charge in [0, 0.05) is 29.2 Å². The van der Waals surface area contributed by atoms with Gasteiger partial charge in [0.15, 0.2) is 0 Å². The Morgan fingerprint density at radius 3 is 2.35 bits per heavy atom. The first-order valence-electron chi connectivity index (χ1n) is 10.3. The van der Waals surface area contributed by atoms with Crippen LogP contribution in [-0.4, -0.2) is 30.4 Å². The van der Waals surface area contributed by atoms with Crippen molar-refractivity contribution < 1.29 is 24.0 Å². The smallest absolute Gasteiger partial charge is 0.273 e. The van der Waals surface area contributed by atoms with Crippen LogP contribution in [0.2, 0.25) is 0 Å². The second-order valence-corrected chi connectivity index (χ2v) is 8.50. The number of nitro groups is 1. The molecule has 1 N–H and O–H groups in total. The molecular formula is C24H20BrN3O6. The summed E-state index contributed by atoms with van der Waals surface area (Å²) in [4.78, 5) is 37.3. The third kappa shape index (κ3) is 5.18. The minimum absolute atomic E-state index is 0.0245. The highest BCUT2D eigenvalue weighted by Crippen LogP contribution is 2.36. The highest BCUT2D eigenvalue weighted by Gasteiger charge is 2.36. The van der Waals surface area contributed by atoms with Gasteiger partial charge in [-0.15, -0.1) is 0 Å². The van der Waals surface area contributed by atoms with Crippen LogP contribution in [0.15, 0.2) is 71.2 Å². The molecule has 1 saturated heterocycles. The lowest BCUT2D eigenvalue weighted by Gasteiger charge is -2.19. The van der Waals surface area contributed by atoms with Crippen LogP contribution in [0.1, 0.15) is 6.42 Å². The maximum absolute atomic E-state index is 12.8. The third-order valence-corrected chi connectivity index (χ3v) is 5.86. The Morgan fingerprint density at radius 1 is 1.09 bits per heavy atom. The van der Waals surface area contributed by atoms with Gasteiger partial charge in [-0.1, -0.05) is 15.9 Å². The first-order valence-corrected chi connectivity index (χ1v) is 11.1. The quantitative estimate of drug-likeness (QED) is 0.337. The van der Waals surface area contributed by atoms with E-state index in [1.54, 1.807) is 24.3 Å². The van der Waals surface area contributed by atoms with Crippen LogP contribution in [-0.2, 0) is 9.59 Å². The monoisotopic (exact) mass is 525 g/mol. The van der Waals surface area contributed by atoms with Crippen LogP contribution in [0.4, 0.5) is 17.1 Å². The zero-order valence-corrected chi connectivity index (χ0v) is 19.7. The minimum atomic E-state index is -0.578. The number of nitrogens with zero attached hydrogens (tertiary/aromatic N) is 2. The van der Waals surface area contributed by atoms with Gasteiger partial charge in [-0.2, -0.15) is 0 Å². The minimum Gasteiger partial charge on any atom is -0.494 e. The molecular weight excluding hydrogens is 506 g/mol. The molecule has 3 aromatic rings. The van der Waals surface area contributed by atoms with Gasteiger partial charge in [0.05, 0.1) is 29.7 Å². The molecule has 3 aromatic carbocycles. The molecule has 174 valence electrons. The third-order valence-electron chi connectivity index (χ3n) is 5.33. The number of hydrogen-bond donors (Lipinski definition) is 1. The Labute approximate surface area is 203 Å². The summed E-state index contributed by atoms with van der Waals surface area (Å²) >= 11 is 3.38. The fourth-order valence-electron chi connectivity index (χ4n) is 3.61. The lowest BCUT2D eigenvalue weighted by Crippen LogP contribution is -2.28. The van der Waals surface area contributed by atoms with Crippen LogP contribution in [0, 0.1) is 16.0 Å². The lowest BCUT2D eigenvalue weighted by molar-refractivity contribution is -0.384. The van der Waals surface area contributed by atoms with E-state index >= 15 is 0 Å². The number of rotatable bonds is 7. The molecule has 2 amide bonds. The number of methoxy groups -OCH3 is 1. The maximum atomic E-state index is 12.8. The Hall–Kier alpha value is -3.92. The number of halogens is 1.